The van der Waals surface area contributed by atoms with Crippen LogP contribution in [0.1, 0.15) is 25.8 Å². The molecule has 2 aromatic rings. The lowest BCUT2D eigenvalue weighted by molar-refractivity contribution is -0.122. The molecular formula is C21H28N2O4S. The molecule has 28 heavy (non-hydrogen) atoms. The summed E-state index contributed by atoms with van der Waals surface area (Å²) in [4.78, 5) is 12.7. The number of hydrogen-bond donors (Lipinski definition) is 1. The second kappa shape index (κ2) is 9.59. The van der Waals surface area contributed by atoms with Crippen molar-refractivity contribution < 1.29 is 17.9 Å². The van der Waals surface area contributed by atoms with Crippen molar-refractivity contribution in [2.75, 3.05) is 17.7 Å². The highest BCUT2D eigenvalue weighted by Crippen LogP contribution is 2.24. The molecule has 0 heterocycles. The molecule has 0 aliphatic carbocycles. The van der Waals surface area contributed by atoms with Gasteiger partial charge in [-0.15, -0.1) is 0 Å². The first-order valence-corrected chi connectivity index (χ1v) is 11.0. The van der Waals surface area contributed by atoms with Gasteiger partial charge in [0.2, 0.25) is 15.9 Å². The Morgan fingerprint density at radius 2 is 1.68 bits per heavy atom. The molecule has 0 aromatic heterocycles. The number of ether oxygens (including phenoxy) is 1. The summed E-state index contributed by atoms with van der Waals surface area (Å²) in [6.45, 7) is 3.51. The fourth-order valence-electron chi connectivity index (χ4n) is 3.00. The number of nitrogens with one attached hydrogen (secondary N) is 1. The predicted molar refractivity (Wildman–Crippen MR) is 112 cm³/mol. The van der Waals surface area contributed by atoms with Gasteiger partial charge in [0.25, 0.3) is 0 Å². The van der Waals surface area contributed by atoms with Crippen molar-refractivity contribution in [1.82, 2.24) is 5.32 Å². The highest BCUT2D eigenvalue weighted by atomic mass is 32.2. The lowest BCUT2D eigenvalue weighted by Crippen LogP contribution is -2.49. The van der Waals surface area contributed by atoms with E-state index in [4.69, 9.17) is 4.74 Å². The van der Waals surface area contributed by atoms with Crippen molar-refractivity contribution in [1.29, 1.82) is 0 Å². The van der Waals surface area contributed by atoms with Crippen molar-refractivity contribution in [2.45, 2.75) is 38.8 Å². The zero-order valence-corrected chi connectivity index (χ0v) is 17.6. The van der Waals surface area contributed by atoms with Crippen LogP contribution in [0.15, 0.2) is 54.6 Å². The molecule has 7 heteroatoms. The van der Waals surface area contributed by atoms with E-state index in [9.17, 15) is 13.2 Å². The molecule has 0 spiro atoms. The number of methoxy groups -OCH3 is 1. The van der Waals surface area contributed by atoms with E-state index in [1.807, 2.05) is 37.3 Å². The molecule has 2 rings (SSSR count). The number of rotatable bonds is 9. The Morgan fingerprint density at radius 3 is 2.21 bits per heavy atom. The summed E-state index contributed by atoms with van der Waals surface area (Å²) < 4.78 is 30.9. The van der Waals surface area contributed by atoms with Crippen LogP contribution in [0, 0.1) is 0 Å². The second-order valence-electron chi connectivity index (χ2n) is 6.87. The molecular weight excluding hydrogens is 376 g/mol. The number of nitrogens with zero attached hydrogens (tertiary/aromatic N) is 1. The minimum Gasteiger partial charge on any atom is -0.497 e. The number of benzene rings is 2. The van der Waals surface area contributed by atoms with Gasteiger partial charge in [-0.1, -0.05) is 30.3 Å². The molecule has 1 amide bonds. The SMILES string of the molecule is COc1ccc(N([C@@H](C)C(=O)N[C@H](C)CCc2ccccc2)S(C)(=O)=O)cc1. The zero-order valence-electron chi connectivity index (χ0n) is 16.8. The predicted octanol–water partition coefficient (Wildman–Crippen LogP) is 2.99. The van der Waals surface area contributed by atoms with E-state index in [1.54, 1.807) is 31.2 Å². The Morgan fingerprint density at radius 1 is 1.07 bits per heavy atom. The largest absolute Gasteiger partial charge is 0.497 e. The van der Waals surface area contributed by atoms with Gasteiger partial charge in [-0.3, -0.25) is 9.10 Å². The fraction of sp³-hybridized carbons (Fsp3) is 0.381. The van der Waals surface area contributed by atoms with Gasteiger partial charge in [0.15, 0.2) is 0 Å². The maximum atomic E-state index is 12.7. The maximum Gasteiger partial charge on any atom is 0.243 e. The summed E-state index contributed by atoms with van der Waals surface area (Å²) in [5.41, 5.74) is 1.62. The van der Waals surface area contributed by atoms with Gasteiger partial charge in [0.05, 0.1) is 19.1 Å². The van der Waals surface area contributed by atoms with Crippen LogP contribution < -0.4 is 14.4 Å². The smallest absolute Gasteiger partial charge is 0.243 e. The Labute approximate surface area is 167 Å². The van der Waals surface area contributed by atoms with Crippen molar-refractivity contribution in [3.63, 3.8) is 0 Å². The Bertz CT molecular complexity index is 867. The van der Waals surface area contributed by atoms with Gasteiger partial charge in [-0.2, -0.15) is 0 Å². The average Bonchev–Trinajstić information content (AvgIpc) is 2.66. The zero-order chi connectivity index (χ0) is 20.7. The van der Waals surface area contributed by atoms with Crippen LogP contribution in [0.2, 0.25) is 0 Å². The number of hydrogen-bond acceptors (Lipinski definition) is 4. The van der Waals surface area contributed by atoms with E-state index in [2.05, 4.69) is 5.32 Å². The average molecular weight is 405 g/mol. The van der Waals surface area contributed by atoms with Crippen molar-refractivity contribution >= 4 is 21.6 Å². The van der Waals surface area contributed by atoms with E-state index in [0.717, 1.165) is 23.4 Å². The maximum absolute atomic E-state index is 12.7. The molecule has 2 atom stereocenters. The molecule has 152 valence electrons. The van der Waals surface area contributed by atoms with Crippen LogP contribution in [0.5, 0.6) is 5.75 Å². The van der Waals surface area contributed by atoms with Crippen molar-refractivity contribution in [2.24, 2.45) is 0 Å². The normalized spacial score (nSPS) is 13.4. The molecule has 2 aromatic carbocycles. The van der Waals surface area contributed by atoms with E-state index in [1.165, 1.54) is 12.7 Å². The highest BCUT2D eigenvalue weighted by Gasteiger charge is 2.29. The second-order valence-corrected chi connectivity index (χ2v) is 8.73. The molecule has 0 unspecified atom stereocenters. The first kappa shape index (κ1) is 21.8. The van der Waals surface area contributed by atoms with Crippen LogP contribution >= 0.6 is 0 Å². The van der Waals surface area contributed by atoms with Gasteiger partial charge >= 0.3 is 0 Å². The fourth-order valence-corrected chi connectivity index (χ4v) is 4.18. The van der Waals surface area contributed by atoms with Crippen LogP contribution in [-0.2, 0) is 21.2 Å². The first-order chi connectivity index (χ1) is 13.2. The summed E-state index contributed by atoms with van der Waals surface area (Å²) in [6.07, 6.45) is 2.70. The number of anilines is 1. The van der Waals surface area contributed by atoms with Gasteiger partial charge < -0.3 is 10.1 Å². The summed E-state index contributed by atoms with van der Waals surface area (Å²) in [5.74, 6) is 0.283. The minimum absolute atomic E-state index is 0.0765. The third-order valence-electron chi connectivity index (χ3n) is 4.51. The highest BCUT2D eigenvalue weighted by molar-refractivity contribution is 7.92. The molecule has 0 radical (unpaired) electrons. The molecule has 0 aliphatic heterocycles. The molecule has 1 N–H and O–H groups in total. The van der Waals surface area contributed by atoms with Crippen LogP contribution in [0.4, 0.5) is 5.69 Å². The topological polar surface area (TPSA) is 75.7 Å². The number of amides is 1. The number of carbonyl (C=O) groups excluding carboxylic acids is 1. The van der Waals surface area contributed by atoms with Crippen molar-refractivity contribution in [3.05, 3.63) is 60.2 Å². The summed E-state index contributed by atoms with van der Waals surface area (Å²) in [7, 11) is -2.10. The molecule has 6 nitrogen and oxygen atoms in total. The third kappa shape index (κ3) is 5.99. The minimum atomic E-state index is -3.64. The standard InChI is InChI=1S/C21H28N2O4S/c1-16(10-11-18-8-6-5-7-9-18)22-21(24)17(2)23(28(4,25)26)19-12-14-20(27-3)15-13-19/h5-9,12-17H,10-11H2,1-4H3,(H,22,24)/t16-,17+/m1/s1. The monoisotopic (exact) mass is 404 g/mol. The number of carbonyl (C=O) groups is 1. The first-order valence-electron chi connectivity index (χ1n) is 9.20. The van der Waals surface area contributed by atoms with Crippen LogP contribution in [-0.4, -0.2) is 39.8 Å². The molecule has 0 aliphatic rings. The Kier molecular flexibility index (Phi) is 7.45. The van der Waals surface area contributed by atoms with Gasteiger partial charge in [-0.05, 0) is 56.5 Å². The lowest BCUT2D eigenvalue weighted by Gasteiger charge is -2.29. The lowest BCUT2D eigenvalue weighted by atomic mass is 10.1. The van der Waals surface area contributed by atoms with Gasteiger partial charge in [0.1, 0.15) is 11.8 Å². The van der Waals surface area contributed by atoms with E-state index < -0.39 is 16.1 Å². The van der Waals surface area contributed by atoms with Crippen molar-refractivity contribution in [3.8, 4) is 5.75 Å². The van der Waals surface area contributed by atoms with E-state index >= 15 is 0 Å². The molecule has 0 saturated heterocycles. The summed E-state index contributed by atoms with van der Waals surface area (Å²) in [5, 5.41) is 2.93. The van der Waals surface area contributed by atoms with Crippen LogP contribution in [0.25, 0.3) is 0 Å². The van der Waals surface area contributed by atoms with Crippen LogP contribution in [0.3, 0.4) is 0 Å². The number of sulfonamides is 1. The summed E-state index contributed by atoms with van der Waals surface area (Å²) in [6, 6.07) is 15.7. The quantitative estimate of drug-likeness (QED) is 0.697. The van der Waals surface area contributed by atoms with Gasteiger partial charge in [-0.25, -0.2) is 8.42 Å². The Hall–Kier alpha value is -2.54. The summed E-state index contributed by atoms with van der Waals surface area (Å²) >= 11 is 0. The van der Waals surface area contributed by atoms with Gasteiger partial charge in [0, 0.05) is 6.04 Å². The third-order valence-corrected chi connectivity index (χ3v) is 5.75. The van der Waals surface area contributed by atoms with E-state index in [-0.39, 0.29) is 11.9 Å². The Balaban J connectivity index is 2.06. The van der Waals surface area contributed by atoms with E-state index in [0.29, 0.717) is 11.4 Å². The molecule has 0 fully saturated rings. The molecule has 0 saturated carbocycles. The molecule has 0 bridgehead atoms. The number of aryl methyl sites for hydroxylation is 1.